The topological polar surface area (TPSA) is 38.3 Å². The molecule has 3 nitrogen and oxygen atoms in total. The van der Waals surface area contributed by atoms with Gasteiger partial charge in [0, 0.05) is 36.3 Å². The minimum Gasteiger partial charge on any atom is -0.383 e. The van der Waals surface area contributed by atoms with Gasteiger partial charge < -0.3 is 10.1 Å². The monoisotopic (exact) mass is 485 g/mol. The minimum absolute atomic E-state index is 0.0742. The third-order valence-electron chi connectivity index (χ3n) is 6.00. The summed E-state index contributed by atoms with van der Waals surface area (Å²) in [5, 5.41) is 2.91. The molecule has 34 heavy (non-hydrogen) atoms. The van der Waals surface area contributed by atoms with Crippen molar-refractivity contribution in [1.82, 2.24) is 5.32 Å². The van der Waals surface area contributed by atoms with Crippen molar-refractivity contribution >= 4 is 23.2 Å². The van der Waals surface area contributed by atoms with Crippen LogP contribution in [0.5, 0.6) is 0 Å². The van der Waals surface area contributed by atoms with E-state index in [2.05, 4.69) is 30.5 Å². The first kappa shape index (κ1) is 24.4. The Labute approximate surface area is 201 Å². The fourth-order valence-corrected chi connectivity index (χ4v) is 5.94. The van der Waals surface area contributed by atoms with Gasteiger partial charge in [0.25, 0.3) is 5.91 Å². The molecular weight excluding hydrogens is 459 g/mol. The van der Waals surface area contributed by atoms with Gasteiger partial charge in [-0.1, -0.05) is 61.6 Å². The van der Waals surface area contributed by atoms with Crippen LogP contribution >= 0.6 is 11.8 Å². The molecule has 0 bridgehead atoms. The summed E-state index contributed by atoms with van der Waals surface area (Å²) in [6.07, 6.45) is 4.46. The molecule has 7 heteroatoms. The molecule has 0 spiro atoms. The highest BCUT2D eigenvalue weighted by molar-refractivity contribution is 8.04. The van der Waals surface area contributed by atoms with E-state index in [4.69, 9.17) is 4.74 Å². The molecule has 4 rings (SSSR count). The molecule has 1 amide bonds. The molecule has 1 aliphatic heterocycles. The number of ether oxygens (including phenoxy) is 1. The number of thioether (sulfide) groups is 1. The summed E-state index contributed by atoms with van der Waals surface area (Å²) in [6.45, 7) is 3.01. The lowest BCUT2D eigenvalue weighted by molar-refractivity contribution is -0.137. The number of alkyl halides is 3. The molecule has 1 N–H and O–H groups in total. The summed E-state index contributed by atoms with van der Waals surface area (Å²) in [5.41, 5.74) is 2.38. The first-order valence-corrected chi connectivity index (χ1v) is 11.9. The zero-order valence-corrected chi connectivity index (χ0v) is 19.8. The molecule has 1 heterocycles. The Hall–Kier alpha value is -2.77. The van der Waals surface area contributed by atoms with Crippen LogP contribution in [0.1, 0.15) is 34.0 Å². The van der Waals surface area contributed by atoms with Gasteiger partial charge in [0.05, 0.1) is 12.2 Å². The van der Waals surface area contributed by atoms with Crippen LogP contribution in [0.25, 0.3) is 5.57 Å². The largest absolute Gasteiger partial charge is 0.416 e. The van der Waals surface area contributed by atoms with Crippen molar-refractivity contribution in [3.63, 3.8) is 0 Å². The number of nitrogens with one attached hydrogen (secondary N) is 1. The Balaban J connectivity index is 1.53. The van der Waals surface area contributed by atoms with Crippen molar-refractivity contribution in [2.75, 3.05) is 20.3 Å². The number of hydrogen-bond donors (Lipinski definition) is 1. The van der Waals surface area contributed by atoms with Crippen LogP contribution in [-0.2, 0) is 17.3 Å². The molecule has 2 aromatic carbocycles. The van der Waals surface area contributed by atoms with Gasteiger partial charge in [-0.15, -0.1) is 11.8 Å². The zero-order valence-electron chi connectivity index (χ0n) is 19.0. The molecule has 2 atom stereocenters. The van der Waals surface area contributed by atoms with E-state index < -0.39 is 11.7 Å². The lowest BCUT2D eigenvalue weighted by Crippen LogP contribution is -2.27. The van der Waals surface area contributed by atoms with Crippen LogP contribution < -0.4 is 5.32 Å². The van der Waals surface area contributed by atoms with Gasteiger partial charge in [-0.05, 0) is 39.8 Å². The van der Waals surface area contributed by atoms with Crippen molar-refractivity contribution < 1.29 is 22.7 Å². The third-order valence-corrected chi connectivity index (χ3v) is 7.56. The maximum absolute atomic E-state index is 13.1. The number of carbonyl (C=O) groups is 1. The molecule has 0 saturated carbocycles. The van der Waals surface area contributed by atoms with Crippen LogP contribution in [0, 0.1) is 5.41 Å². The lowest BCUT2D eigenvalue weighted by atomic mass is 9.77. The van der Waals surface area contributed by atoms with Crippen LogP contribution in [0.2, 0.25) is 0 Å². The first-order valence-electron chi connectivity index (χ1n) is 11.0. The second-order valence-electron chi connectivity index (χ2n) is 8.66. The quantitative estimate of drug-likeness (QED) is 0.469. The standard InChI is InChI=1S/C27H26F3NO2S/c1-26-11-5-10-23(19-7-4-8-20(16-19)25(32)31-12-13-33-2)24(26)34-22(17-26)15-18-6-3-9-21(14-18)27(28,29)30/h3-11,14,16-17,24H,12-13,15H2,1-2H3,(H,31,32). The third kappa shape index (κ3) is 5.31. The highest BCUT2D eigenvalue weighted by Gasteiger charge is 2.41. The summed E-state index contributed by atoms with van der Waals surface area (Å²) in [6, 6.07) is 13.0. The summed E-state index contributed by atoms with van der Waals surface area (Å²) < 4.78 is 44.4. The van der Waals surface area contributed by atoms with Crippen LogP contribution in [0.15, 0.2) is 77.7 Å². The Kier molecular flexibility index (Phi) is 7.05. The van der Waals surface area contributed by atoms with E-state index in [0.717, 1.165) is 22.1 Å². The normalized spacial score (nSPS) is 21.6. The predicted octanol–water partition coefficient (Wildman–Crippen LogP) is 6.28. The SMILES string of the molecule is COCCNC(=O)c1cccc(C2=CC=CC3(C)C=C(Cc4cccc(C(F)(F)F)c4)SC23)c1. The number of hydrogen-bond acceptors (Lipinski definition) is 3. The van der Waals surface area contributed by atoms with Crippen LogP contribution in [-0.4, -0.2) is 31.4 Å². The summed E-state index contributed by atoms with van der Waals surface area (Å²) in [7, 11) is 1.58. The number of fused-ring (bicyclic) bond motifs is 1. The smallest absolute Gasteiger partial charge is 0.383 e. The lowest BCUT2D eigenvalue weighted by Gasteiger charge is -2.32. The second-order valence-corrected chi connectivity index (χ2v) is 9.89. The number of amides is 1. The van der Waals surface area contributed by atoms with E-state index in [0.29, 0.717) is 30.7 Å². The van der Waals surface area contributed by atoms with Gasteiger partial charge in [-0.25, -0.2) is 0 Å². The number of allylic oxidation sites excluding steroid dienone is 5. The molecule has 0 saturated heterocycles. The van der Waals surface area contributed by atoms with Gasteiger partial charge in [-0.3, -0.25) is 4.79 Å². The highest BCUT2D eigenvalue weighted by Crippen LogP contribution is 2.54. The van der Waals surface area contributed by atoms with Gasteiger partial charge in [-0.2, -0.15) is 13.2 Å². The number of benzene rings is 2. The summed E-state index contributed by atoms with van der Waals surface area (Å²) in [5.74, 6) is -0.156. The average molecular weight is 486 g/mol. The van der Waals surface area contributed by atoms with E-state index in [1.165, 1.54) is 12.1 Å². The van der Waals surface area contributed by atoms with Crippen molar-refractivity contribution in [1.29, 1.82) is 0 Å². The number of methoxy groups -OCH3 is 1. The maximum atomic E-state index is 13.1. The average Bonchev–Trinajstić information content (AvgIpc) is 3.14. The molecule has 2 unspecified atom stereocenters. The maximum Gasteiger partial charge on any atom is 0.416 e. The number of carbonyl (C=O) groups excluding carboxylic acids is 1. The molecule has 2 aliphatic rings. The van der Waals surface area contributed by atoms with Crippen molar-refractivity contribution in [2.45, 2.75) is 24.8 Å². The zero-order chi connectivity index (χ0) is 24.3. The van der Waals surface area contributed by atoms with Gasteiger partial charge in [0.15, 0.2) is 0 Å². The number of rotatable bonds is 7. The van der Waals surface area contributed by atoms with E-state index in [1.54, 1.807) is 31.0 Å². The second kappa shape index (κ2) is 9.84. The summed E-state index contributed by atoms with van der Waals surface area (Å²) >= 11 is 1.68. The van der Waals surface area contributed by atoms with E-state index in [-0.39, 0.29) is 16.6 Å². The van der Waals surface area contributed by atoms with Crippen molar-refractivity contribution in [3.8, 4) is 0 Å². The van der Waals surface area contributed by atoms with Crippen LogP contribution in [0.4, 0.5) is 13.2 Å². The van der Waals surface area contributed by atoms with Gasteiger partial charge in [0.1, 0.15) is 0 Å². The van der Waals surface area contributed by atoms with E-state index in [9.17, 15) is 18.0 Å². The molecular formula is C27H26F3NO2S. The van der Waals surface area contributed by atoms with Gasteiger partial charge >= 0.3 is 6.18 Å². The van der Waals surface area contributed by atoms with E-state index >= 15 is 0 Å². The Morgan fingerprint density at radius 3 is 2.74 bits per heavy atom. The summed E-state index contributed by atoms with van der Waals surface area (Å²) in [4.78, 5) is 13.5. The fraction of sp³-hybridized carbons (Fsp3) is 0.296. The van der Waals surface area contributed by atoms with Crippen molar-refractivity contribution in [2.24, 2.45) is 5.41 Å². The minimum atomic E-state index is -4.35. The molecule has 178 valence electrons. The predicted molar refractivity (Wildman–Crippen MR) is 130 cm³/mol. The van der Waals surface area contributed by atoms with Gasteiger partial charge in [0.2, 0.25) is 0 Å². The molecule has 2 aromatic rings. The van der Waals surface area contributed by atoms with Crippen LogP contribution in [0.3, 0.4) is 0 Å². The molecule has 0 aromatic heterocycles. The molecule has 1 aliphatic carbocycles. The molecule has 0 radical (unpaired) electrons. The van der Waals surface area contributed by atoms with Crippen molar-refractivity contribution in [3.05, 3.63) is 100.0 Å². The highest BCUT2D eigenvalue weighted by atomic mass is 32.2. The first-order chi connectivity index (χ1) is 16.2. The Morgan fingerprint density at radius 1 is 1.18 bits per heavy atom. The van der Waals surface area contributed by atoms with E-state index in [1.807, 2.05) is 24.3 Å². The number of halogens is 3. The Bertz CT molecular complexity index is 1170. The fourth-order valence-electron chi connectivity index (χ4n) is 4.32. The molecule has 0 fully saturated rings. The Morgan fingerprint density at radius 2 is 1.97 bits per heavy atom.